The molecule has 0 saturated carbocycles. The lowest BCUT2D eigenvalue weighted by Crippen LogP contribution is -2.38. The monoisotopic (exact) mass is 484 g/mol. The third-order valence-corrected chi connectivity index (χ3v) is 5.53. The van der Waals surface area contributed by atoms with Gasteiger partial charge < -0.3 is 33.9 Å². The van der Waals surface area contributed by atoms with Gasteiger partial charge in [0.15, 0.2) is 36.2 Å². The van der Waals surface area contributed by atoms with E-state index in [1.807, 2.05) is 0 Å². The number of anilines is 1. The highest BCUT2D eigenvalue weighted by Gasteiger charge is 2.19. The zero-order valence-corrected chi connectivity index (χ0v) is 19.5. The molecular weight excluding hydrogens is 456 g/mol. The first-order valence-corrected chi connectivity index (χ1v) is 11.6. The first-order chi connectivity index (χ1) is 17.0. The van der Waals surface area contributed by atoms with Crippen LogP contribution in [0.3, 0.4) is 0 Å². The fraction of sp³-hybridized carbons (Fsp3) is 0.400. The van der Waals surface area contributed by atoms with Gasteiger partial charge in [-0.05, 0) is 56.5 Å². The van der Waals surface area contributed by atoms with E-state index in [0.717, 1.165) is 32.4 Å². The summed E-state index contributed by atoms with van der Waals surface area (Å²) in [5.74, 6) is 0.531. The zero-order valence-electron chi connectivity index (χ0n) is 19.5. The van der Waals surface area contributed by atoms with E-state index >= 15 is 0 Å². The number of nitrogens with zero attached hydrogens (tertiary/aromatic N) is 1. The Hall–Kier alpha value is -3.95. The van der Waals surface area contributed by atoms with E-state index < -0.39 is 18.5 Å². The first-order valence-electron chi connectivity index (χ1n) is 11.6. The van der Waals surface area contributed by atoms with Gasteiger partial charge in [-0.1, -0.05) is 0 Å². The summed E-state index contributed by atoms with van der Waals surface area (Å²) in [6.45, 7) is 3.18. The summed E-state index contributed by atoms with van der Waals surface area (Å²) in [5.41, 5.74) is 0.688. The van der Waals surface area contributed by atoms with Crippen LogP contribution in [0.2, 0.25) is 0 Å². The second-order valence-corrected chi connectivity index (χ2v) is 8.02. The van der Waals surface area contributed by atoms with E-state index in [-0.39, 0.29) is 24.9 Å². The van der Waals surface area contributed by atoms with Gasteiger partial charge >= 0.3 is 5.97 Å². The molecule has 0 bridgehead atoms. The molecule has 0 spiro atoms. The highest BCUT2D eigenvalue weighted by molar-refractivity contribution is 5.96. The lowest BCUT2D eigenvalue weighted by atomic mass is 10.1. The van der Waals surface area contributed by atoms with Crippen LogP contribution in [0.15, 0.2) is 36.4 Å². The summed E-state index contributed by atoms with van der Waals surface area (Å²) < 4.78 is 26.9. The van der Waals surface area contributed by atoms with Crippen LogP contribution in [0, 0.1) is 0 Å². The normalized spacial score (nSPS) is 14.3. The number of carbonyl (C=O) groups excluding carboxylic acids is 3. The molecule has 0 aliphatic carbocycles. The average Bonchev–Trinajstić information content (AvgIpc) is 3.35. The van der Waals surface area contributed by atoms with Crippen molar-refractivity contribution in [1.82, 2.24) is 4.90 Å². The highest BCUT2D eigenvalue weighted by atomic mass is 16.7. The number of rotatable bonds is 9. The molecule has 186 valence electrons. The molecule has 4 rings (SSSR count). The second-order valence-electron chi connectivity index (χ2n) is 8.02. The Bertz CT molecular complexity index is 1080. The van der Waals surface area contributed by atoms with Gasteiger partial charge in [0.2, 0.25) is 6.79 Å². The van der Waals surface area contributed by atoms with Crippen LogP contribution in [0.4, 0.5) is 5.69 Å². The summed E-state index contributed by atoms with van der Waals surface area (Å²) in [7, 11) is 0. The Kier molecular flexibility index (Phi) is 7.92. The van der Waals surface area contributed by atoms with Crippen molar-refractivity contribution in [3.05, 3.63) is 42.0 Å². The van der Waals surface area contributed by atoms with Gasteiger partial charge in [0.25, 0.3) is 11.8 Å². The quantitative estimate of drug-likeness (QED) is 0.541. The van der Waals surface area contributed by atoms with E-state index in [1.54, 1.807) is 36.1 Å². The number of hydrogen-bond acceptors (Lipinski definition) is 8. The molecule has 0 unspecified atom stereocenters. The van der Waals surface area contributed by atoms with Gasteiger partial charge in [-0.25, -0.2) is 4.79 Å². The predicted octanol–water partition coefficient (Wildman–Crippen LogP) is 3.00. The second kappa shape index (κ2) is 11.5. The first kappa shape index (κ1) is 24.2. The molecule has 35 heavy (non-hydrogen) atoms. The van der Waals surface area contributed by atoms with E-state index in [9.17, 15) is 14.4 Å². The van der Waals surface area contributed by atoms with Crippen molar-refractivity contribution in [2.45, 2.75) is 26.2 Å². The number of carbonyl (C=O) groups is 3. The molecule has 2 aromatic carbocycles. The fourth-order valence-electron chi connectivity index (χ4n) is 3.78. The highest BCUT2D eigenvalue weighted by Crippen LogP contribution is 2.34. The van der Waals surface area contributed by atoms with Gasteiger partial charge in [0.05, 0.1) is 12.2 Å². The number of esters is 1. The third kappa shape index (κ3) is 6.34. The SMILES string of the molecule is CCOc1cc(C(=O)OCC(=O)Nc2ccc3c(c2)OCO3)ccc1OCC(=O)N1CCCCC1. The summed E-state index contributed by atoms with van der Waals surface area (Å²) >= 11 is 0. The van der Waals surface area contributed by atoms with Crippen molar-refractivity contribution < 1.29 is 38.1 Å². The largest absolute Gasteiger partial charge is 0.490 e. The molecule has 10 heteroatoms. The Labute approximate surface area is 203 Å². The molecule has 0 radical (unpaired) electrons. The minimum atomic E-state index is -0.692. The van der Waals surface area contributed by atoms with Gasteiger partial charge in [-0.2, -0.15) is 0 Å². The lowest BCUT2D eigenvalue weighted by Gasteiger charge is -2.26. The minimum Gasteiger partial charge on any atom is -0.490 e. The summed E-state index contributed by atoms with van der Waals surface area (Å²) in [6.07, 6.45) is 3.14. The van der Waals surface area contributed by atoms with Crippen molar-refractivity contribution in [3.63, 3.8) is 0 Å². The molecule has 2 amide bonds. The van der Waals surface area contributed by atoms with Crippen molar-refractivity contribution in [1.29, 1.82) is 0 Å². The van der Waals surface area contributed by atoms with Gasteiger partial charge in [0.1, 0.15) is 0 Å². The van der Waals surface area contributed by atoms with Crippen LogP contribution in [0.1, 0.15) is 36.5 Å². The third-order valence-electron chi connectivity index (χ3n) is 5.53. The molecule has 1 fully saturated rings. The number of benzene rings is 2. The maximum absolute atomic E-state index is 12.5. The van der Waals surface area contributed by atoms with Gasteiger partial charge in [-0.15, -0.1) is 0 Å². The number of hydrogen-bond donors (Lipinski definition) is 1. The Morgan fingerprint density at radius 2 is 1.71 bits per heavy atom. The molecule has 2 heterocycles. The molecule has 1 N–H and O–H groups in total. The van der Waals surface area contributed by atoms with E-state index in [1.165, 1.54) is 12.1 Å². The fourth-order valence-corrected chi connectivity index (χ4v) is 3.78. The van der Waals surface area contributed by atoms with Crippen molar-refractivity contribution in [3.8, 4) is 23.0 Å². The van der Waals surface area contributed by atoms with Crippen LogP contribution >= 0.6 is 0 Å². The number of amides is 2. The molecule has 0 aromatic heterocycles. The average molecular weight is 485 g/mol. The summed E-state index contributed by atoms with van der Waals surface area (Å²) in [6, 6.07) is 9.51. The van der Waals surface area contributed by atoms with Crippen LogP contribution < -0.4 is 24.3 Å². The van der Waals surface area contributed by atoms with E-state index in [2.05, 4.69) is 5.32 Å². The van der Waals surface area contributed by atoms with E-state index in [0.29, 0.717) is 35.3 Å². The Morgan fingerprint density at radius 1 is 0.914 bits per heavy atom. The minimum absolute atomic E-state index is 0.0795. The van der Waals surface area contributed by atoms with Crippen LogP contribution in [0.25, 0.3) is 0 Å². The zero-order chi connectivity index (χ0) is 24.6. The topological polar surface area (TPSA) is 113 Å². The molecule has 2 aliphatic heterocycles. The predicted molar refractivity (Wildman–Crippen MR) is 125 cm³/mol. The maximum Gasteiger partial charge on any atom is 0.338 e. The van der Waals surface area contributed by atoms with Gasteiger partial charge in [-0.3, -0.25) is 9.59 Å². The maximum atomic E-state index is 12.5. The molecule has 0 atom stereocenters. The molecular formula is C25H28N2O8. The lowest BCUT2D eigenvalue weighted by molar-refractivity contribution is -0.134. The van der Waals surface area contributed by atoms with Gasteiger partial charge in [0, 0.05) is 24.8 Å². The van der Waals surface area contributed by atoms with Crippen molar-refractivity contribution in [2.24, 2.45) is 0 Å². The van der Waals surface area contributed by atoms with Crippen LogP contribution in [-0.2, 0) is 14.3 Å². The number of nitrogens with one attached hydrogen (secondary N) is 1. The standard InChI is InChI=1S/C25H28N2O8/c1-2-31-21-12-17(6-8-19(21)32-15-24(29)27-10-4-3-5-11-27)25(30)33-14-23(28)26-18-7-9-20-22(13-18)35-16-34-20/h6-9,12-13H,2-5,10-11,14-16H2,1H3,(H,26,28). The number of likely N-dealkylation sites (tertiary alicyclic amines) is 1. The Balaban J connectivity index is 1.30. The molecule has 2 aliphatic rings. The number of ether oxygens (including phenoxy) is 5. The number of fused-ring (bicyclic) bond motifs is 1. The van der Waals surface area contributed by atoms with Crippen LogP contribution in [0.5, 0.6) is 23.0 Å². The summed E-state index contributed by atoms with van der Waals surface area (Å²) in [4.78, 5) is 38.9. The summed E-state index contributed by atoms with van der Waals surface area (Å²) in [5, 5.41) is 2.64. The molecule has 1 saturated heterocycles. The Morgan fingerprint density at radius 3 is 2.51 bits per heavy atom. The molecule has 2 aromatic rings. The van der Waals surface area contributed by atoms with E-state index in [4.69, 9.17) is 23.7 Å². The van der Waals surface area contributed by atoms with Crippen molar-refractivity contribution >= 4 is 23.5 Å². The number of piperidine rings is 1. The molecule has 10 nitrogen and oxygen atoms in total. The smallest absolute Gasteiger partial charge is 0.338 e. The van der Waals surface area contributed by atoms with Crippen LogP contribution in [-0.4, -0.2) is 62.4 Å². The van der Waals surface area contributed by atoms with Crippen molar-refractivity contribution in [2.75, 3.05) is 45.0 Å².